The fourth-order valence-corrected chi connectivity index (χ4v) is 5.29. The van der Waals surface area contributed by atoms with Crippen molar-refractivity contribution in [2.24, 2.45) is 5.92 Å². The molecule has 30 heavy (non-hydrogen) atoms. The van der Waals surface area contributed by atoms with Crippen LogP contribution < -0.4 is 9.47 Å². The molecule has 2 aliphatic heterocycles. The highest BCUT2D eigenvalue weighted by Crippen LogP contribution is 2.31. The van der Waals surface area contributed by atoms with Crippen LogP contribution in [-0.2, 0) is 14.8 Å². The van der Waals surface area contributed by atoms with E-state index >= 15 is 0 Å². The van der Waals surface area contributed by atoms with Crippen LogP contribution in [0.2, 0.25) is 0 Å². The number of aromatic nitrogens is 1. The number of benzene rings is 1. The number of hydrogen-bond donors (Lipinski definition) is 0. The van der Waals surface area contributed by atoms with Gasteiger partial charge in [0, 0.05) is 38.4 Å². The van der Waals surface area contributed by atoms with Crippen LogP contribution in [0.5, 0.6) is 11.5 Å². The highest BCUT2D eigenvalue weighted by atomic mass is 32.2. The van der Waals surface area contributed by atoms with Crippen molar-refractivity contribution in [1.29, 1.82) is 0 Å². The number of pyridine rings is 1. The first-order valence-corrected chi connectivity index (χ1v) is 11.4. The summed E-state index contributed by atoms with van der Waals surface area (Å²) in [5.74, 6) is 1.21. The average Bonchev–Trinajstić information content (AvgIpc) is 2.79. The molecule has 1 saturated heterocycles. The quantitative estimate of drug-likeness (QED) is 0.717. The number of likely N-dealkylation sites (N-methyl/N-ethyl adjacent to an activating group) is 1. The van der Waals surface area contributed by atoms with Crippen LogP contribution in [0.25, 0.3) is 0 Å². The van der Waals surface area contributed by atoms with Gasteiger partial charge in [-0.3, -0.25) is 9.78 Å². The van der Waals surface area contributed by atoms with Crippen molar-refractivity contribution in [1.82, 2.24) is 14.2 Å². The van der Waals surface area contributed by atoms with Crippen LogP contribution in [0, 0.1) is 5.92 Å². The molecule has 0 radical (unpaired) electrons. The number of hydrogen-bond acceptors (Lipinski definition) is 6. The van der Waals surface area contributed by atoms with Crippen LogP contribution >= 0.6 is 0 Å². The Hall–Kier alpha value is -2.65. The van der Waals surface area contributed by atoms with Crippen molar-refractivity contribution in [2.75, 3.05) is 33.3 Å². The standard InChI is InChI=1S/C21H25N3O5S/c1-23(14-17-15-28-19-6-2-3-7-20(19)29-17)21(25)16-8-11-24(12-9-16)30(26,27)18-5-4-10-22-13-18/h2-7,10,13,16-17H,8-9,11-12,14-15H2,1H3. The predicted octanol–water partition coefficient (Wildman–Crippen LogP) is 1.78. The number of para-hydroxylation sites is 2. The molecule has 1 amide bonds. The smallest absolute Gasteiger partial charge is 0.244 e. The normalized spacial score (nSPS) is 20.0. The molecule has 2 aromatic rings. The molecule has 160 valence electrons. The van der Waals surface area contributed by atoms with Gasteiger partial charge in [-0.15, -0.1) is 0 Å². The molecular formula is C21H25N3O5S. The predicted molar refractivity (Wildman–Crippen MR) is 110 cm³/mol. The summed E-state index contributed by atoms with van der Waals surface area (Å²) in [7, 11) is -1.82. The van der Waals surface area contributed by atoms with Gasteiger partial charge >= 0.3 is 0 Å². The first-order chi connectivity index (χ1) is 14.4. The van der Waals surface area contributed by atoms with Crippen LogP contribution in [0.4, 0.5) is 0 Å². The van der Waals surface area contributed by atoms with E-state index in [4.69, 9.17) is 9.47 Å². The number of piperidine rings is 1. The van der Waals surface area contributed by atoms with Gasteiger partial charge in [0.15, 0.2) is 17.6 Å². The van der Waals surface area contributed by atoms with Gasteiger partial charge in [0.25, 0.3) is 0 Å². The Balaban J connectivity index is 1.31. The van der Waals surface area contributed by atoms with Crippen molar-refractivity contribution in [3.8, 4) is 11.5 Å². The minimum absolute atomic E-state index is 0.0101. The summed E-state index contributed by atoms with van der Waals surface area (Å²) in [6, 6.07) is 10.6. The van der Waals surface area contributed by atoms with E-state index in [2.05, 4.69) is 4.98 Å². The van der Waals surface area contributed by atoms with Crippen LogP contribution in [-0.4, -0.2) is 67.9 Å². The van der Waals surface area contributed by atoms with E-state index in [1.54, 1.807) is 24.2 Å². The minimum Gasteiger partial charge on any atom is -0.486 e. The summed E-state index contributed by atoms with van der Waals surface area (Å²) in [6.07, 6.45) is 3.64. The zero-order chi connectivity index (χ0) is 21.1. The molecule has 1 aromatic heterocycles. The number of rotatable bonds is 5. The number of nitrogens with zero attached hydrogens (tertiary/aromatic N) is 3. The third-order valence-corrected chi connectivity index (χ3v) is 7.38. The maximum atomic E-state index is 12.9. The van der Waals surface area contributed by atoms with E-state index in [1.165, 1.54) is 16.6 Å². The SMILES string of the molecule is CN(CC1COc2ccccc2O1)C(=O)C1CCN(S(=O)(=O)c2cccnc2)CC1. The highest BCUT2D eigenvalue weighted by Gasteiger charge is 2.34. The summed E-state index contributed by atoms with van der Waals surface area (Å²) in [5, 5.41) is 0. The molecular weight excluding hydrogens is 406 g/mol. The number of amides is 1. The fourth-order valence-electron chi connectivity index (χ4n) is 3.85. The molecule has 9 heteroatoms. The van der Waals surface area contributed by atoms with E-state index in [1.807, 2.05) is 24.3 Å². The number of sulfonamides is 1. The summed E-state index contributed by atoms with van der Waals surface area (Å²) >= 11 is 0. The zero-order valence-electron chi connectivity index (χ0n) is 16.8. The van der Waals surface area contributed by atoms with Crippen LogP contribution in [0.15, 0.2) is 53.7 Å². The first kappa shape index (κ1) is 20.6. The third-order valence-electron chi connectivity index (χ3n) is 5.50. The maximum Gasteiger partial charge on any atom is 0.244 e. The van der Waals surface area contributed by atoms with Gasteiger partial charge < -0.3 is 14.4 Å². The lowest BCUT2D eigenvalue weighted by Crippen LogP contribution is -2.47. The Labute approximate surface area is 176 Å². The van der Waals surface area contributed by atoms with Crippen molar-refractivity contribution in [3.63, 3.8) is 0 Å². The van der Waals surface area contributed by atoms with Gasteiger partial charge in [0.05, 0.1) is 6.54 Å². The van der Waals surface area contributed by atoms with Gasteiger partial charge in [-0.25, -0.2) is 8.42 Å². The van der Waals surface area contributed by atoms with Gasteiger partial charge in [0.1, 0.15) is 11.5 Å². The molecule has 3 heterocycles. The topological polar surface area (TPSA) is 89.0 Å². The number of ether oxygens (including phenoxy) is 2. The van der Waals surface area contributed by atoms with Gasteiger partial charge in [-0.2, -0.15) is 4.31 Å². The molecule has 0 bridgehead atoms. The molecule has 1 fully saturated rings. The average molecular weight is 432 g/mol. The summed E-state index contributed by atoms with van der Waals surface area (Å²) < 4.78 is 38.5. The molecule has 1 atom stereocenters. The monoisotopic (exact) mass is 431 g/mol. The number of carbonyl (C=O) groups is 1. The number of fused-ring (bicyclic) bond motifs is 1. The van der Waals surface area contributed by atoms with Gasteiger partial charge in [-0.05, 0) is 37.1 Å². The van der Waals surface area contributed by atoms with Crippen molar-refractivity contribution >= 4 is 15.9 Å². The molecule has 8 nitrogen and oxygen atoms in total. The van der Waals surface area contributed by atoms with E-state index < -0.39 is 10.0 Å². The Kier molecular flexibility index (Phi) is 5.92. The Morgan fingerprint density at radius 1 is 1.17 bits per heavy atom. The highest BCUT2D eigenvalue weighted by molar-refractivity contribution is 7.89. The molecule has 0 aliphatic carbocycles. The maximum absolute atomic E-state index is 12.9. The molecule has 0 N–H and O–H groups in total. The second-order valence-corrected chi connectivity index (χ2v) is 9.52. The fraction of sp³-hybridized carbons (Fsp3) is 0.429. The molecule has 0 saturated carbocycles. The molecule has 2 aliphatic rings. The summed E-state index contributed by atoms with van der Waals surface area (Å²) in [6.45, 7) is 1.44. The summed E-state index contributed by atoms with van der Waals surface area (Å²) in [4.78, 5) is 18.6. The number of carbonyl (C=O) groups excluding carboxylic acids is 1. The van der Waals surface area contributed by atoms with Crippen molar-refractivity contribution in [3.05, 3.63) is 48.8 Å². The van der Waals surface area contributed by atoms with Crippen LogP contribution in [0.1, 0.15) is 12.8 Å². The molecule has 1 unspecified atom stereocenters. The van der Waals surface area contributed by atoms with Gasteiger partial charge in [-0.1, -0.05) is 12.1 Å². The molecule has 4 rings (SSSR count). The zero-order valence-corrected chi connectivity index (χ0v) is 17.6. The molecule has 0 spiro atoms. The first-order valence-electron chi connectivity index (χ1n) is 9.99. The lowest BCUT2D eigenvalue weighted by atomic mass is 9.96. The Bertz CT molecular complexity index is 991. The molecule has 1 aromatic carbocycles. The Morgan fingerprint density at radius 3 is 2.60 bits per heavy atom. The van der Waals surface area contributed by atoms with Crippen molar-refractivity contribution < 1.29 is 22.7 Å². The third kappa shape index (κ3) is 4.27. The lowest BCUT2D eigenvalue weighted by molar-refractivity contribution is -0.136. The van der Waals surface area contributed by atoms with E-state index in [9.17, 15) is 13.2 Å². The van der Waals surface area contributed by atoms with Gasteiger partial charge in [0.2, 0.25) is 15.9 Å². The lowest BCUT2D eigenvalue weighted by Gasteiger charge is -2.34. The minimum atomic E-state index is -3.57. The van der Waals surface area contributed by atoms with Crippen molar-refractivity contribution in [2.45, 2.75) is 23.8 Å². The second kappa shape index (κ2) is 8.61. The van der Waals surface area contributed by atoms with Crippen LogP contribution in [0.3, 0.4) is 0 Å². The van der Waals surface area contributed by atoms with E-state index in [0.717, 1.165) is 0 Å². The second-order valence-electron chi connectivity index (χ2n) is 7.58. The Morgan fingerprint density at radius 2 is 1.90 bits per heavy atom. The largest absolute Gasteiger partial charge is 0.486 e. The van der Waals surface area contributed by atoms with E-state index in [0.29, 0.717) is 50.6 Å². The van der Waals surface area contributed by atoms with E-state index in [-0.39, 0.29) is 22.8 Å². The summed E-state index contributed by atoms with van der Waals surface area (Å²) in [5.41, 5.74) is 0.